The van der Waals surface area contributed by atoms with E-state index in [4.69, 9.17) is 10.00 Å². The Kier molecular flexibility index (Phi) is 1.92. The minimum absolute atomic E-state index is 0.903. The molecular formula is C13H13NO. The van der Waals surface area contributed by atoms with Crippen molar-refractivity contribution < 1.29 is 4.74 Å². The van der Waals surface area contributed by atoms with E-state index in [1.54, 1.807) is 0 Å². The first-order chi connectivity index (χ1) is 7.40. The first kappa shape index (κ1) is 8.79. The molecule has 0 N–H and O–H groups in total. The summed E-state index contributed by atoms with van der Waals surface area (Å²) in [6, 6.07) is 2.34. The molecule has 0 saturated heterocycles. The van der Waals surface area contributed by atoms with Gasteiger partial charge in [-0.3, -0.25) is 0 Å². The highest BCUT2D eigenvalue weighted by molar-refractivity contribution is 5.54. The molecule has 0 bridgehead atoms. The van der Waals surface area contributed by atoms with Crippen LogP contribution in [0.3, 0.4) is 0 Å². The van der Waals surface area contributed by atoms with Crippen LogP contribution < -0.4 is 4.74 Å². The zero-order valence-electron chi connectivity index (χ0n) is 8.68. The van der Waals surface area contributed by atoms with Gasteiger partial charge in [0.2, 0.25) is 0 Å². The maximum Gasteiger partial charge on any atom is 0.292 e. The Morgan fingerprint density at radius 2 is 1.60 bits per heavy atom. The average molecular weight is 199 g/mol. The Morgan fingerprint density at radius 1 is 1.00 bits per heavy atom. The molecule has 0 aliphatic heterocycles. The van der Waals surface area contributed by atoms with Gasteiger partial charge < -0.3 is 4.74 Å². The zero-order chi connectivity index (χ0) is 10.3. The number of nitrogens with zero attached hydrogens (tertiary/aromatic N) is 1. The number of aryl methyl sites for hydroxylation is 2. The van der Waals surface area contributed by atoms with Crippen LogP contribution in [0.1, 0.15) is 35.1 Å². The smallest absolute Gasteiger partial charge is 0.292 e. The molecule has 0 aromatic heterocycles. The Morgan fingerprint density at radius 3 is 2.13 bits per heavy atom. The number of rotatable bonds is 1. The van der Waals surface area contributed by atoms with Crippen LogP contribution in [0.25, 0.3) is 0 Å². The number of ether oxygens (including phenoxy) is 1. The summed E-state index contributed by atoms with van der Waals surface area (Å²) in [4.78, 5) is 0. The predicted octanol–water partition coefficient (Wildman–Crippen LogP) is 2.52. The maximum atomic E-state index is 8.71. The van der Waals surface area contributed by atoms with Crippen molar-refractivity contribution in [3.05, 3.63) is 28.3 Å². The van der Waals surface area contributed by atoms with Gasteiger partial charge in [0.15, 0.2) is 0 Å². The summed E-state index contributed by atoms with van der Waals surface area (Å²) in [7, 11) is 0. The van der Waals surface area contributed by atoms with Crippen molar-refractivity contribution >= 4 is 0 Å². The fraction of sp³-hybridized carbons (Fsp3) is 0.462. The second kappa shape index (κ2) is 3.27. The van der Waals surface area contributed by atoms with E-state index in [1.807, 2.05) is 6.26 Å². The predicted molar refractivity (Wildman–Crippen MR) is 56.7 cm³/mol. The molecule has 0 atom stereocenters. The lowest BCUT2D eigenvalue weighted by atomic mass is 10.0. The topological polar surface area (TPSA) is 33.0 Å². The minimum Gasteiger partial charge on any atom is -0.387 e. The number of benzene rings is 1. The molecule has 2 aliphatic rings. The molecule has 15 heavy (non-hydrogen) atoms. The SMILES string of the molecule is N#COc1c2c(cc3c1CCC3)CCC2. The normalized spacial score (nSPS) is 17.0. The number of hydrogen-bond donors (Lipinski definition) is 0. The molecular weight excluding hydrogens is 186 g/mol. The molecule has 0 heterocycles. The van der Waals surface area contributed by atoms with Gasteiger partial charge in [-0.1, -0.05) is 6.07 Å². The van der Waals surface area contributed by atoms with Crippen LogP contribution in [0.4, 0.5) is 0 Å². The molecule has 1 aromatic carbocycles. The van der Waals surface area contributed by atoms with Gasteiger partial charge in [-0.25, -0.2) is 0 Å². The van der Waals surface area contributed by atoms with Gasteiger partial charge in [0.25, 0.3) is 6.26 Å². The van der Waals surface area contributed by atoms with Crippen LogP contribution in [-0.2, 0) is 25.7 Å². The lowest BCUT2D eigenvalue weighted by Gasteiger charge is -2.11. The summed E-state index contributed by atoms with van der Waals surface area (Å²) >= 11 is 0. The fourth-order valence-corrected chi connectivity index (χ4v) is 2.93. The first-order valence-corrected chi connectivity index (χ1v) is 5.62. The summed E-state index contributed by atoms with van der Waals surface area (Å²) in [5.41, 5.74) is 5.44. The number of nitriles is 1. The molecule has 0 spiro atoms. The number of fused-ring (bicyclic) bond motifs is 2. The fourth-order valence-electron chi connectivity index (χ4n) is 2.93. The molecule has 76 valence electrons. The van der Waals surface area contributed by atoms with Gasteiger partial charge in [0.1, 0.15) is 5.75 Å². The standard InChI is InChI=1S/C13H13NO/c14-8-15-13-11-5-1-3-9(11)7-10-4-2-6-12(10)13/h7H,1-6H2. The molecule has 0 fully saturated rings. The van der Waals surface area contributed by atoms with Gasteiger partial charge in [-0.05, 0) is 60.8 Å². The third-order valence-electron chi connectivity index (χ3n) is 3.57. The van der Waals surface area contributed by atoms with E-state index in [-0.39, 0.29) is 0 Å². The van der Waals surface area contributed by atoms with E-state index in [0.717, 1.165) is 31.4 Å². The first-order valence-electron chi connectivity index (χ1n) is 5.62. The third kappa shape index (κ3) is 1.23. The molecule has 0 radical (unpaired) electrons. The number of hydrogen-bond acceptors (Lipinski definition) is 2. The lowest BCUT2D eigenvalue weighted by Crippen LogP contribution is -1.97. The van der Waals surface area contributed by atoms with Crippen molar-refractivity contribution in [3.8, 4) is 12.0 Å². The largest absolute Gasteiger partial charge is 0.387 e. The van der Waals surface area contributed by atoms with Crippen LogP contribution >= 0.6 is 0 Å². The van der Waals surface area contributed by atoms with E-state index in [0.29, 0.717) is 0 Å². The quantitative estimate of drug-likeness (QED) is 0.651. The Labute approximate surface area is 89.5 Å². The van der Waals surface area contributed by atoms with E-state index >= 15 is 0 Å². The van der Waals surface area contributed by atoms with Crippen molar-refractivity contribution in [1.29, 1.82) is 5.26 Å². The van der Waals surface area contributed by atoms with E-state index in [9.17, 15) is 0 Å². The van der Waals surface area contributed by atoms with Crippen molar-refractivity contribution in [3.63, 3.8) is 0 Å². The van der Waals surface area contributed by atoms with Crippen molar-refractivity contribution in [2.45, 2.75) is 38.5 Å². The Bertz CT molecular complexity index is 424. The van der Waals surface area contributed by atoms with Crippen LogP contribution in [0.5, 0.6) is 5.75 Å². The Hall–Kier alpha value is -1.49. The molecule has 3 rings (SSSR count). The minimum atomic E-state index is 0.903. The Balaban J connectivity index is 2.21. The van der Waals surface area contributed by atoms with Crippen LogP contribution in [-0.4, -0.2) is 0 Å². The van der Waals surface area contributed by atoms with Gasteiger partial charge in [-0.15, -0.1) is 5.26 Å². The van der Waals surface area contributed by atoms with Crippen LogP contribution in [0, 0.1) is 11.5 Å². The second-order valence-electron chi connectivity index (χ2n) is 4.38. The lowest BCUT2D eigenvalue weighted by molar-refractivity contribution is 0.495. The van der Waals surface area contributed by atoms with E-state index in [1.165, 1.54) is 35.1 Å². The molecule has 0 amide bonds. The van der Waals surface area contributed by atoms with E-state index < -0.39 is 0 Å². The third-order valence-corrected chi connectivity index (χ3v) is 3.57. The molecule has 2 heteroatoms. The summed E-state index contributed by atoms with van der Waals surface area (Å²) < 4.78 is 5.20. The van der Waals surface area contributed by atoms with Gasteiger partial charge in [0.05, 0.1) is 0 Å². The second-order valence-corrected chi connectivity index (χ2v) is 4.38. The highest BCUT2D eigenvalue weighted by Crippen LogP contribution is 2.39. The molecule has 2 nitrogen and oxygen atoms in total. The summed E-state index contributed by atoms with van der Waals surface area (Å²) in [5, 5.41) is 8.71. The molecule has 1 aromatic rings. The molecule has 2 aliphatic carbocycles. The average Bonchev–Trinajstić information content (AvgIpc) is 2.84. The summed E-state index contributed by atoms with van der Waals surface area (Å²) in [6.45, 7) is 0. The summed E-state index contributed by atoms with van der Waals surface area (Å²) in [6.07, 6.45) is 8.74. The highest BCUT2D eigenvalue weighted by atomic mass is 16.5. The van der Waals surface area contributed by atoms with Crippen LogP contribution in [0.15, 0.2) is 6.07 Å². The van der Waals surface area contributed by atoms with Gasteiger partial charge in [-0.2, -0.15) is 0 Å². The van der Waals surface area contributed by atoms with Crippen molar-refractivity contribution in [1.82, 2.24) is 0 Å². The van der Waals surface area contributed by atoms with Crippen molar-refractivity contribution in [2.75, 3.05) is 0 Å². The summed E-state index contributed by atoms with van der Waals surface area (Å²) in [5.74, 6) is 0.903. The maximum absolute atomic E-state index is 8.71. The van der Waals surface area contributed by atoms with Crippen LogP contribution in [0.2, 0.25) is 0 Å². The molecule has 0 saturated carbocycles. The monoisotopic (exact) mass is 199 g/mol. The molecule has 0 unspecified atom stereocenters. The zero-order valence-corrected chi connectivity index (χ0v) is 8.68. The van der Waals surface area contributed by atoms with Gasteiger partial charge >= 0.3 is 0 Å². The van der Waals surface area contributed by atoms with Crippen molar-refractivity contribution in [2.24, 2.45) is 0 Å². The van der Waals surface area contributed by atoms with Gasteiger partial charge in [0, 0.05) is 0 Å². The van der Waals surface area contributed by atoms with E-state index in [2.05, 4.69) is 6.07 Å². The highest BCUT2D eigenvalue weighted by Gasteiger charge is 2.25.